The second-order valence-corrected chi connectivity index (χ2v) is 9.72. The topological polar surface area (TPSA) is 71.5 Å². The first-order valence-electron chi connectivity index (χ1n) is 10.4. The normalized spacial score (nSPS) is 12.9. The zero-order chi connectivity index (χ0) is 22.5. The van der Waals surface area contributed by atoms with Crippen LogP contribution < -0.4 is 10.1 Å². The summed E-state index contributed by atoms with van der Waals surface area (Å²) in [5.74, 6) is 1.22. The Kier molecular flexibility index (Phi) is 7.12. The van der Waals surface area contributed by atoms with E-state index in [9.17, 15) is 9.59 Å². The van der Waals surface area contributed by atoms with Gasteiger partial charge in [0, 0.05) is 23.5 Å². The molecule has 3 aromatic rings. The van der Waals surface area contributed by atoms with Gasteiger partial charge in [0.05, 0.1) is 24.3 Å². The molecular weight excluding hydrogens is 442 g/mol. The van der Waals surface area contributed by atoms with E-state index < -0.39 is 0 Å². The predicted molar refractivity (Wildman–Crippen MR) is 130 cm³/mol. The van der Waals surface area contributed by atoms with Crippen LogP contribution in [0.1, 0.15) is 16.0 Å². The number of aryl methyl sites for hydroxylation is 1. The molecule has 0 bridgehead atoms. The van der Waals surface area contributed by atoms with Crippen LogP contribution in [0.3, 0.4) is 0 Å². The number of benzene rings is 2. The monoisotopic (exact) mass is 467 g/mol. The summed E-state index contributed by atoms with van der Waals surface area (Å²) in [5.41, 5.74) is 4.35. The number of ether oxygens (including phenoxy) is 1. The fraction of sp³-hybridized carbons (Fsp3) is 0.292. The summed E-state index contributed by atoms with van der Waals surface area (Å²) in [4.78, 5) is 32.4. The van der Waals surface area contributed by atoms with E-state index in [0.717, 1.165) is 34.8 Å². The molecule has 2 amide bonds. The van der Waals surface area contributed by atoms with Crippen molar-refractivity contribution in [3.05, 3.63) is 64.5 Å². The van der Waals surface area contributed by atoms with Gasteiger partial charge in [0.15, 0.2) is 5.13 Å². The molecule has 1 aliphatic heterocycles. The van der Waals surface area contributed by atoms with E-state index in [0.29, 0.717) is 17.4 Å². The maximum atomic E-state index is 12.6. The molecule has 2 heterocycles. The molecule has 0 radical (unpaired) electrons. The fourth-order valence-corrected chi connectivity index (χ4v) is 5.22. The lowest BCUT2D eigenvalue weighted by Gasteiger charge is -2.28. The van der Waals surface area contributed by atoms with E-state index in [-0.39, 0.29) is 17.6 Å². The van der Waals surface area contributed by atoms with Gasteiger partial charge in [-0.3, -0.25) is 9.59 Å². The van der Waals surface area contributed by atoms with Crippen LogP contribution in [0.2, 0.25) is 0 Å². The predicted octanol–water partition coefficient (Wildman–Crippen LogP) is 4.38. The third-order valence-corrected chi connectivity index (χ3v) is 7.15. The first-order chi connectivity index (χ1) is 15.5. The average Bonchev–Trinajstić information content (AvgIpc) is 3.18. The van der Waals surface area contributed by atoms with Crippen molar-refractivity contribution in [3.63, 3.8) is 0 Å². The number of carbonyl (C=O) groups excluding carboxylic acids is 2. The maximum Gasteiger partial charge on any atom is 0.236 e. The van der Waals surface area contributed by atoms with E-state index >= 15 is 0 Å². The van der Waals surface area contributed by atoms with Crippen LogP contribution in [0.15, 0.2) is 48.5 Å². The number of carbonyl (C=O) groups is 2. The minimum atomic E-state index is -0.151. The molecule has 0 unspecified atom stereocenters. The Balaban J connectivity index is 1.26. The molecule has 0 spiro atoms. The van der Waals surface area contributed by atoms with Gasteiger partial charge >= 0.3 is 0 Å². The molecule has 4 rings (SSSR count). The SMILES string of the molecule is COc1ccc(-c2nc(NC(=O)CSCC(=O)N3CCc4ccccc4C3)sc2C)cc1. The molecule has 32 heavy (non-hydrogen) atoms. The Hall–Kier alpha value is -2.84. The van der Waals surface area contributed by atoms with E-state index in [1.807, 2.05) is 48.2 Å². The number of hydrogen-bond acceptors (Lipinski definition) is 6. The standard InChI is InChI=1S/C24H25N3O3S2/c1-16-23(18-7-9-20(30-2)10-8-18)26-24(32-16)25-21(28)14-31-15-22(29)27-12-11-17-5-3-4-6-19(17)13-27/h3-10H,11-15H2,1-2H3,(H,25,26,28). The lowest BCUT2D eigenvalue weighted by Crippen LogP contribution is -2.37. The maximum absolute atomic E-state index is 12.6. The van der Waals surface area contributed by atoms with Gasteiger partial charge in [0.1, 0.15) is 5.75 Å². The molecule has 166 valence electrons. The van der Waals surface area contributed by atoms with Gasteiger partial charge in [-0.25, -0.2) is 4.98 Å². The molecule has 0 aliphatic carbocycles. The van der Waals surface area contributed by atoms with Crippen molar-refractivity contribution in [2.75, 3.05) is 30.5 Å². The van der Waals surface area contributed by atoms with E-state index in [1.54, 1.807) is 7.11 Å². The number of anilines is 1. The fourth-order valence-electron chi connectivity index (χ4n) is 3.65. The van der Waals surface area contributed by atoms with E-state index in [1.165, 1.54) is 34.2 Å². The van der Waals surface area contributed by atoms with Crippen LogP contribution >= 0.6 is 23.1 Å². The lowest BCUT2D eigenvalue weighted by atomic mass is 10.00. The summed E-state index contributed by atoms with van der Waals surface area (Å²) >= 11 is 2.78. The van der Waals surface area contributed by atoms with Gasteiger partial charge in [-0.2, -0.15) is 0 Å². The van der Waals surface area contributed by atoms with Crippen LogP contribution in [-0.4, -0.2) is 46.9 Å². The zero-order valence-corrected chi connectivity index (χ0v) is 19.7. The Bertz CT molecular complexity index is 1110. The molecule has 1 N–H and O–H groups in total. The minimum Gasteiger partial charge on any atom is -0.497 e. The van der Waals surface area contributed by atoms with Gasteiger partial charge in [-0.15, -0.1) is 23.1 Å². The molecule has 0 saturated heterocycles. The summed E-state index contributed by atoms with van der Waals surface area (Å²) < 4.78 is 5.20. The summed E-state index contributed by atoms with van der Waals surface area (Å²) in [6.45, 7) is 3.36. The Morgan fingerprint density at radius 3 is 2.62 bits per heavy atom. The van der Waals surface area contributed by atoms with Crippen LogP contribution in [0, 0.1) is 6.92 Å². The van der Waals surface area contributed by atoms with Crippen molar-refractivity contribution in [2.45, 2.75) is 19.9 Å². The van der Waals surface area contributed by atoms with Gasteiger partial charge in [0.2, 0.25) is 11.8 Å². The highest BCUT2D eigenvalue weighted by atomic mass is 32.2. The highest BCUT2D eigenvalue weighted by Crippen LogP contribution is 2.31. The number of methoxy groups -OCH3 is 1. The number of rotatable bonds is 7. The van der Waals surface area contributed by atoms with Crippen molar-refractivity contribution < 1.29 is 14.3 Å². The van der Waals surface area contributed by atoms with E-state index in [2.05, 4.69) is 22.4 Å². The van der Waals surface area contributed by atoms with Crippen LogP contribution in [0.5, 0.6) is 5.75 Å². The number of thiazole rings is 1. The van der Waals surface area contributed by atoms with Crippen molar-refractivity contribution >= 4 is 40.0 Å². The van der Waals surface area contributed by atoms with Crippen LogP contribution in [0.25, 0.3) is 11.3 Å². The van der Waals surface area contributed by atoms with Crippen LogP contribution in [-0.2, 0) is 22.6 Å². The molecule has 0 saturated carbocycles. The largest absolute Gasteiger partial charge is 0.497 e. The number of nitrogens with one attached hydrogen (secondary N) is 1. The van der Waals surface area contributed by atoms with E-state index in [4.69, 9.17) is 4.74 Å². The Labute approximate surface area is 196 Å². The third-order valence-electron chi connectivity index (χ3n) is 5.35. The molecule has 2 aromatic carbocycles. The van der Waals surface area contributed by atoms with Gasteiger partial charge in [0.25, 0.3) is 0 Å². The second kappa shape index (κ2) is 10.2. The average molecular weight is 468 g/mol. The first kappa shape index (κ1) is 22.4. The first-order valence-corrected chi connectivity index (χ1v) is 12.3. The number of nitrogens with zero attached hydrogens (tertiary/aromatic N) is 2. The highest BCUT2D eigenvalue weighted by Gasteiger charge is 2.20. The number of thioether (sulfide) groups is 1. The van der Waals surface area contributed by atoms with Crippen molar-refractivity contribution in [2.24, 2.45) is 0 Å². The Morgan fingerprint density at radius 1 is 1.12 bits per heavy atom. The molecular formula is C24H25N3O3S2. The number of amides is 2. The summed E-state index contributed by atoms with van der Waals surface area (Å²) in [6, 6.07) is 15.9. The molecule has 0 atom stereocenters. The van der Waals surface area contributed by atoms with Crippen molar-refractivity contribution in [1.82, 2.24) is 9.88 Å². The number of fused-ring (bicyclic) bond motifs is 1. The lowest BCUT2D eigenvalue weighted by molar-refractivity contribution is -0.129. The minimum absolute atomic E-state index is 0.0733. The Morgan fingerprint density at radius 2 is 1.88 bits per heavy atom. The molecule has 6 nitrogen and oxygen atoms in total. The highest BCUT2D eigenvalue weighted by molar-refractivity contribution is 8.00. The van der Waals surface area contributed by atoms with Gasteiger partial charge < -0.3 is 15.0 Å². The van der Waals surface area contributed by atoms with Crippen LogP contribution in [0.4, 0.5) is 5.13 Å². The van der Waals surface area contributed by atoms with Gasteiger partial charge in [-0.05, 0) is 48.7 Å². The number of hydrogen-bond donors (Lipinski definition) is 1. The molecule has 1 aliphatic rings. The summed E-state index contributed by atoms with van der Waals surface area (Å²) in [6.07, 6.45) is 0.882. The second-order valence-electron chi connectivity index (χ2n) is 7.53. The van der Waals surface area contributed by atoms with Crippen molar-refractivity contribution in [3.8, 4) is 17.0 Å². The zero-order valence-electron chi connectivity index (χ0n) is 18.1. The third kappa shape index (κ3) is 5.31. The quantitative estimate of drug-likeness (QED) is 0.558. The molecule has 0 fully saturated rings. The molecule has 8 heteroatoms. The number of aromatic nitrogens is 1. The summed E-state index contributed by atoms with van der Waals surface area (Å²) in [7, 11) is 1.63. The van der Waals surface area contributed by atoms with Crippen molar-refractivity contribution in [1.29, 1.82) is 0 Å². The molecule has 1 aromatic heterocycles. The summed E-state index contributed by atoms with van der Waals surface area (Å²) in [5, 5.41) is 3.43. The van der Waals surface area contributed by atoms with Gasteiger partial charge in [-0.1, -0.05) is 24.3 Å². The smallest absolute Gasteiger partial charge is 0.236 e.